The number of benzene rings is 2. The number of halogens is 1. The van der Waals surface area contributed by atoms with Gasteiger partial charge in [-0.3, -0.25) is 4.79 Å². The van der Waals surface area contributed by atoms with E-state index in [4.69, 9.17) is 0 Å². The predicted octanol–water partition coefficient (Wildman–Crippen LogP) is 3.47. The van der Waals surface area contributed by atoms with E-state index in [2.05, 4.69) is 6.07 Å². The van der Waals surface area contributed by atoms with Crippen molar-refractivity contribution in [1.29, 1.82) is 5.26 Å². The fourth-order valence-electron chi connectivity index (χ4n) is 4.26. The number of hydrogen-bond donors (Lipinski definition) is 1. The second-order valence-corrected chi connectivity index (χ2v) is 7.29. The second kappa shape index (κ2) is 7.13. The third-order valence-electron chi connectivity index (χ3n) is 5.92. The lowest BCUT2D eigenvalue weighted by molar-refractivity contribution is -0.154. The molecule has 0 unspecified atom stereocenters. The van der Waals surface area contributed by atoms with E-state index in [-0.39, 0.29) is 30.2 Å². The summed E-state index contributed by atoms with van der Waals surface area (Å²) in [5, 5.41) is 19.7. The first-order valence-electron chi connectivity index (χ1n) is 9.34. The van der Waals surface area contributed by atoms with Crippen LogP contribution in [0.25, 0.3) is 11.1 Å². The number of aliphatic hydroxyl groups is 1. The van der Waals surface area contributed by atoms with Crippen molar-refractivity contribution in [1.82, 2.24) is 4.90 Å². The summed E-state index contributed by atoms with van der Waals surface area (Å²) in [4.78, 5) is 14.3. The average Bonchev–Trinajstić information content (AvgIpc) is 2.61. The second-order valence-electron chi connectivity index (χ2n) is 7.29. The lowest BCUT2D eigenvalue weighted by atomic mass is 9.71. The number of amides is 1. The highest BCUT2D eigenvalue weighted by atomic mass is 19.1. The largest absolute Gasteiger partial charge is 0.394 e. The third-order valence-corrected chi connectivity index (χ3v) is 5.92. The van der Waals surface area contributed by atoms with E-state index < -0.39 is 12.1 Å². The minimum Gasteiger partial charge on any atom is -0.394 e. The molecule has 0 radical (unpaired) electrons. The number of nitriles is 1. The Labute approximate surface area is 157 Å². The van der Waals surface area contributed by atoms with Gasteiger partial charge in [-0.15, -0.1) is 0 Å². The Balaban J connectivity index is 1.72. The van der Waals surface area contributed by atoms with Crippen LogP contribution in [0, 0.1) is 23.1 Å². The molecule has 2 aromatic rings. The number of carbonyl (C=O) groups is 1. The van der Waals surface area contributed by atoms with Crippen LogP contribution in [-0.4, -0.2) is 34.6 Å². The molecule has 1 N–H and O–H groups in total. The lowest BCUT2D eigenvalue weighted by Crippen LogP contribution is -2.66. The molecule has 1 amide bonds. The van der Waals surface area contributed by atoms with Crippen LogP contribution in [0.1, 0.15) is 30.7 Å². The standard InChI is InChI=1S/C22H21FN2O2/c23-18-11-4-3-9-16(18)15-8-1-2-10-17(15)21-19(12-24)25(20(21)13-26)22(27)14-6-5-7-14/h1-4,8-11,14,19-21,26H,5-7,13H2/t19-,20-,21+/m1/s1. The molecule has 1 heterocycles. The first-order chi connectivity index (χ1) is 13.2. The van der Waals surface area contributed by atoms with Crippen molar-refractivity contribution in [3.63, 3.8) is 0 Å². The molecule has 5 heteroatoms. The Bertz CT molecular complexity index is 903. The molecular formula is C22H21FN2O2. The molecule has 2 aromatic carbocycles. The normalized spacial score (nSPS) is 24.6. The van der Waals surface area contributed by atoms with Gasteiger partial charge in [0.05, 0.1) is 18.7 Å². The zero-order chi connectivity index (χ0) is 19.0. The van der Waals surface area contributed by atoms with Gasteiger partial charge < -0.3 is 10.0 Å². The summed E-state index contributed by atoms with van der Waals surface area (Å²) >= 11 is 0. The first-order valence-corrected chi connectivity index (χ1v) is 9.34. The van der Waals surface area contributed by atoms with Gasteiger partial charge in [0.15, 0.2) is 0 Å². The summed E-state index contributed by atoms with van der Waals surface area (Å²) in [6.45, 7) is -0.215. The van der Waals surface area contributed by atoms with E-state index in [0.29, 0.717) is 11.1 Å². The zero-order valence-corrected chi connectivity index (χ0v) is 14.9. The molecule has 4 rings (SSSR count). The maximum Gasteiger partial charge on any atom is 0.227 e. The maximum atomic E-state index is 14.4. The van der Waals surface area contributed by atoms with E-state index in [1.165, 1.54) is 6.07 Å². The summed E-state index contributed by atoms with van der Waals surface area (Å²) in [7, 11) is 0. The topological polar surface area (TPSA) is 64.3 Å². The van der Waals surface area contributed by atoms with Gasteiger partial charge in [0.25, 0.3) is 0 Å². The molecule has 138 valence electrons. The quantitative estimate of drug-likeness (QED) is 0.903. The Morgan fingerprint density at radius 3 is 2.41 bits per heavy atom. The Kier molecular flexibility index (Phi) is 4.67. The summed E-state index contributed by atoms with van der Waals surface area (Å²) in [5.74, 6) is -0.732. The van der Waals surface area contributed by atoms with E-state index in [9.17, 15) is 19.6 Å². The molecule has 27 heavy (non-hydrogen) atoms. The molecule has 4 nitrogen and oxygen atoms in total. The summed E-state index contributed by atoms with van der Waals surface area (Å²) in [5.41, 5.74) is 1.96. The van der Waals surface area contributed by atoms with Crippen molar-refractivity contribution >= 4 is 5.91 Å². The summed E-state index contributed by atoms with van der Waals surface area (Å²) in [6.07, 6.45) is 2.73. The van der Waals surface area contributed by atoms with Crippen LogP contribution in [0.15, 0.2) is 48.5 Å². The highest BCUT2D eigenvalue weighted by Crippen LogP contribution is 2.46. The predicted molar refractivity (Wildman–Crippen MR) is 99.0 cm³/mol. The highest BCUT2D eigenvalue weighted by Gasteiger charge is 2.53. The van der Waals surface area contributed by atoms with Gasteiger partial charge in [-0.1, -0.05) is 48.9 Å². The molecule has 1 aliphatic heterocycles. The molecule has 0 spiro atoms. The SMILES string of the molecule is N#C[C@@H]1[C@H](c2ccccc2-c2ccccc2F)[C@@H](CO)N1C(=O)C1CCC1. The first kappa shape index (κ1) is 17.7. The average molecular weight is 364 g/mol. The van der Waals surface area contributed by atoms with E-state index >= 15 is 0 Å². The van der Waals surface area contributed by atoms with Gasteiger partial charge in [0.2, 0.25) is 5.91 Å². The fourth-order valence-corrected chi connectivity index (χ4v) is 4.26. The Morgan fingerprint density at radius 1 is 1.15 bits per heavy atom. The van der Waals surface area contributed by atoms with Crippen molar-refractivity contribution < 1.29 is 14.3 Å². The van der Waals surface area contributed by atoms with Gasteiger partial charge in [0, 0.05) is 17.4 Å². The Hall–Kier alpha value is -2.71. The molecule has 0 aromatic heterocycles. The van der Waals surface area contributed by atoms with Crippen molar-refractivity contribution in [3.05, 3.63) is 59.9 Å². The Morgan fingerprint density at radius 2 is 1.81 bits per heavy atom. The van der Waals surface area contributed by atoms with Crippen LogP contribution in [0.5, 0.6) is 0 Å². The fraction of sp³-hybridized carbons (Fsp3) is 0.364. The maximum absolute atomic E-state index is 14.4. The van der Waals surface area contributed by atoms with Gasteiger partial charge in [-0.25, -0.2) is 4.39 Å². The van der Waals surface area contributed by atoms with Gasteiger partial charge in [0.1, 0.15) is 11.9 Å². The van der Waals surface area contributed by atoms with Crippen molar-refractivity contribution in [2.45, 2.75) is 37.3 Å². The monoisotopic (exact) mass is 364 g/mol. The summed E-state index contributed by atoms with van der Waals surface area (Å²) < 4.78 is 14.4. The third kappa shape index (κ3) is 2.81. The van der Waals surface area contributed by atoms with Crippen LogP contribution in [0.3, 0.4) is 0 Å². The molecule has 0 bridgehead atoms. The molecular weight excluding hydrogens is 343 g/mol. The van der Waals surface area contributed by atoms with Crippen molar-refractivity contribution in [2.75, 3.05) is 6.61 Å². The van der Waals surface area contributed by atoms with E-state index in [0.717, 1.165) is 24.8 Å². The molecule has 2 fully saturated rings. The number of hydrogen-bond acceptors (Lipinski definition) is 3. The summed E-state index contributed by atoms with van der Waals surface area (Å²) in [6, 6.07) is 15.0. The molecule has 1 aliphatic carbocycles. The van der Waals surface area contributed by atoms with Crippen LogP contribution < -0.4 is 0 Å². The van der Waals surface area contributed by atoms with E-state index in [1.807, 2.05) is 24.3 Å². The minimum atomic E-state index is -0.636. The van der Waals surface area contributed by atoms with Gasteiger partial charge >= 0.3 is 0 Å². The number of nitrogens with zero attached hydrogens (tertiary/aromatic N) is 2. The minimum absolute atomic E-state index is 0.0299. The molecule has 1 saturated heterocycles. The van der Waals surface area contributed by atoms with Crippen LogP contribution in [0.4, 0.5) is 4.39 Å². The number of carbonyl (C=O) groups excluding carboxylic acids is 1. The number of rotatable bonds is 4. The van der Waals surface area contributed by atoms with E-state index in [1.54, 1.807) is 23.1 Å². The number of aliphatic hydroxyl groups excluding tert-OH is 1. The lowest BCUT2D eigenvalue weighted by Gasteiger charge is -2.53. The van der Waals surface area contributed by atoms with Gasteiger partial charge in [-0.2, -0.15) is 5.26 Å². The smallest absolute Gasteiger partial charge is 0.227 e. The molecule has 3 atom stereocenters. The number of likely N-dealkylation sites (tertiary alicyclic amines) is 1. The highest BCUT2D eigenvalue weighted by molar-refractivity contribution is 5.83. The zero-order valence-electron chi connectivity index (χ0n) is 14.9. The van der Waals surface area contributed by atoms with Crippen LogP contribution in [0.2, 0.25) is 0 Å². The van der Waals surface area contributed by atoms with Crippen molar-refractivity contribution in [3.8, 4) is 17.2 Å². The van der Waals surface area contributed by atoms with Gasteiger partial charge in [-0.05, 0) is 30.0 Å². The van der Waals surface area contributed by atoms with Crippen LogP contribution >= 0.6 is 0 Å². The van der Waals surface area contributed by atoms with Crippen molar-refractivity contribution in [2.24, 2.45) is 5.92 Å². The molecule has 1 saturated carbocycles. The van der Waals surface area contributed by atoms with Crippen LogP contribution in [-0.2, 0) is 4.79 Å². The molecule has 2 aliphatic rings.